The predicted octanol–water partition coefficient (Wildman–Crippen LogP) is 2.66. The van der Waals surface area contributed by atoms with Crippen molar-refractivity contribution in [2.24, 2.45) is 11.3 Å². The Kier molecular flexibility index (Phi) is 6.18. The van der Waals surface area contributed by atoms with Crippen LogP contribution in [-0.4, -0.2) is 36.5 Å². The van der Waals surface area contributed by atoms with E-state index in [9.17, 15) is 4.79 Å². The van der Waals surface area contributed by atoms with Gasteiger partial charge in [-0.3, -0.25) is 4.79 Å². The molecule has 4 heteroatoms. The maximum Gasteiger partial charge on any atom is 0.227 e. The summed E-state index contributed by atoms with van der Waals surface area (Å²) in [7, 11) is 0. The number of rotatable bonds is 7. The summed E-state index contributed by atoms with van der Waals surface area (Å²) in [5, 5.41) is 6.59. The third-order valence-electron chi connectivity index (χ3n) is 5.04. The number of thioether (sulfide) groups is 1. The van der Waals surface area contributed by atoms with E-state index in [-0.39, 0.29) is 16.1 Å². The third kappa shape index (κ3) is 3.46. The summed E-state index contributed by atoms with van der Waals surface area (Å²) in [6, 6.07) is 0. The Hall–Kier alpha value is -0.220. The summed E-state index contributed by atoms with van der Waals surface area (Å²) >= 11 is 1.88. The van der Waals surface area contributed by atoms with E-state index in [1.807, 2.05) is 11.8 Å². The van der Waals surface area contributed by atoms with Crippen molar-refractivity contribution in [2.45, 2.75) is 51.7 Å². The lowest BCUT2D eigenvalue weighted by molar-refractivity contribution is -0.132. The molecule has 0 aromatic rings. The minimum Gasteiger partial charge on any atom is -0.354 e. The molecule has 0 saturated carbocycles. The molecule has 1 fully saturated rings. The molecule has 1 amide bonds. The van der Waals surface area contributed by atoms with Gasteiger partial charge >= 0.3 is 0 Å². The van der Waals surface area contributed by atoms with Crippen LogP contribution in [0, 0.1) is 11.3 Å². The van der Waals surface area contributed by atoms with Crippen LogP contribution in [0.2, 0.25) is 0 Å². The van der Waals surface area contributed by atoms with Gasteiger partial charge in [0, 0.05) is 17.8 Å². The largest absolute Gasteiger partial charge is 0.354 e. The van der Waals surface area contributed by atoms with Crippen LogP contribution in [-0.2, 0) is 4.79 Å². The van der Waals surface area contributed by atoms with Crippen LogP contribution >= 0.6 is 11.8 Å². The summed E-state index contributed by atoms with van der Waals surface area (Å²) in [4.78, 5) is 12.6. The monoisotopic (exact) mass is 286 g/mol. The zero-order chi connectivity index (χ0) is 14.5. The molecular weight excluding hydrogens is 256 g/mol. The van der Waals surface area contributed by atoms with E-state index in [4.69, 9.17) is 0 Å². The lowest BCUT2D eigenvalue weighted by Crippen LogP contribution is -2.50. The first-order valence-electron chi connectivity index (χ1n) is 7.50. The van der Waals surface area contributed by atoms with Crippen molar-refractivity contribution < 1.29 is 4.79 Å². The number of nitrogens with one attached hydrogen (secondary N) is 2. The summed E-state index contributed by atoms with van der Waals surface area (Å²) in [5.41, 5.74) is -0.203. The van der Waals surface area contributed by atoms with Crippen LogP contribution in [0.25, 0.3) is 0 Å². The van der Waals surface area contributed by atoms with Crippen molar-refractivity contribution in [1.29, 1.82) is 0 Å². The predicted molar refractivity (Wildman–Crippen MR) is 84.6 cm³/mol. The quantitative estimate of drug-likeness (QED) is 0.756. The van der Waals surface area contributed by atoms with E-state index in [0.717, 1.165) is 38.9 Å². The lowest BCUT2D eigenvalue weighted by Gasteiger charge is -2.35. The Morgan fingerprint density at radius 2 is 2.05 bits per heavy atom. The van der Waals surface area contributed by atoms with Crippen molar-refractivity contribution in [2.75, 3.05) is 25.9 Å². The van der Waals surface area contributed by atoms with Crippen LogP contribution in [0.4, 0.5) is 0 Å². The van der Waals surface area contributed by atoms with Crippen molar-refractivity contribution in [3.63, 3.8) is 0 Å². The first-order chi connectivity index (χ1) is 8.96. The molecule has 2 N–H and O–H groups in total. The third-order valence-corrected chi connectivity index (χ3v) is 6.63. The minimum absolute atomic E-state index is 0.194. The Bertz CT molecular complexity index is 286. The number of carbonyl (C=O) groups is 1. The van der Waals surface area contributed by atoms with Crippen LogP contribution in [0.15, 0.2) is 0 Å². The fourth-order valence-corrected chi connectivity index (χ4v) is 3.73. The fraction of sp³-hybridized carbons (Fsp3) is 0.933. The highest BCUT2D eigenvalue weighted by atomic mass is 32.2. The maximum atomic E-state index is 12.6. The standard InChI is InChI=1S/C15H30N2OS/c1-6-14(7-2,19-5)10-17-13(18)15(12(3)4)8-9-16-11-15/h12,16H,6-11H2,1-5H3,(H,17,18). The Morgan fingerprint density at radius 3 is 2.42 bits per heavy atom. The molecule has 112 valence electrons. The molecule has 1 unspecified atom stereocenters. The average Bonchev–Trinajstić information content (AvgIpc) is 2.91. The first-order valence-corrected chi connectivity index (χ1v) is 8.73. The van der Waals surface area contributed by atoms with Gasteiger partial charge in [-0.05, 0) is 38.0 Å². The van der Waals surface area contributed by atoms with Gasteiger partial charge in [0.25, 0.3) is 0 Å². The van der Waals surface area contributed by atoms with E-state index >= 15 is 0 Å². The Morgan fingerprint density at radius 1 is 1.42 bits per heavy atom. The molecule has 0 spiro atoms. The van der Waals surface area contributed by atoms with Gasteiger partial charge in [-0.1, -0.05) is 27.7 Å². The zero-order valence-corrected chi connectivity index (χ0v) is 14.0. The zero-order valence-electron chi connectivity index (χ0n) is 13.1. The van der Waals surface area contributed by atoms with Crippen LogP contribution in [0.1, 0.15) is 47.0 Å². The van der Waals surface area contributed by atoms with Gasteiger partial charge in [-0.25, -0.2) is 0 Å². The second-order valence-corrected chi connectivity index (χ2v) is 7.29. The second-order valence-electron chi connectivity index (χ2n) is 6.01. The molecule has 1 heterocycles. The average molecular weight is 286 g/mol. The van der Waals surface area contributed by atoms with Gasteiger partial charge in [0.1, 0.15) is 0 Å². The van der Waals surface area contributed by atoms with Crippen molar-refractivity contribution >= 4 is 17.7 Å². The number of hydrogen-bond acceptors (Lipinski definition) is 3. The van der Waals surface area contributed by atoms with E-state index in [1.54, 1.807) is 0 Å². The van der Waals surface area contributed by atoms with Gasteiger partial charge in [-0.2, -0.15) is 11.8 Å². The molecule has 0 aliphatic carbocycles. The van der Waals surface area contributed by atoms with E-state index in [1.165, 1.54) is 0 Å². The van der Waals surface area contributed by atoms with E-state index in [2.05, 4.69) is 44.6 Å². The molecule has 1 aliphatic heterocycles. The fourth-order valence-electron chi connectivity index (χ4n) is 2.94. The highest BCUT2D eigenvalue weighted by Gasteiger charge is 2.44. The molecule has 0 radical (unpaired) electrons. The topological polar surface area (TPSA) is 41.1 Å². The molecule has 3 nitrogen and oxygen atoms in total. The molecule has 1 atom stereocenters. The van der Waals surface area contributed by atoms with Gasteiger partial charge in [-0.15, -0.1) is 0 Å². The van der Waals surface area contributed by atoms with Gasteiger partial charge in [0.2, 0.25) is 5.91 Å². The molecular formula is C15H30N2OS. The summed E-state index contributed by atoms with van der Waals surface area (Å²) in [6.45, 7) is 11.3. The number of carbonyl (C=O) groups excluding carboxylic acids is 1. The summed E-state index contributed by atoms with van der Waals surface area (Å²) < 4.78 is 0.194. The first kappa shape index (κ1) is 16.8. The van der Waals surface area contributed by atoms with Crippen LogP contribution in [0.5, 0.6) is 0 Å². The van der Waals surface area contributed by atoms with E-state index < -0.39 is 0 Å². The SMILES string of the molecule is CCC(CC)(CNC(=O)C1(C(C)C)CCNC1)SC. The number of hydrogen-bond donors (Lipinski definition) is 2. The molecule has 0 aromatic carbocycles. The van der Waals surface area contributed by atoms with Crippen molar-refractivity contribution in [1.82, 2.24) is 10.6 Å². The molecule has 0 aromatic heterocycles. The molecule has 1 saturated heterocycles. The Balaban J connectivity index is 2.68. The van der Waals surface area contributed by atoms with E-state index in [0.29, 0.717) is 5.92 Å². The highest BCUT2D eigenvalue weighted by molar-refractivity contribution is 8.00. The Labute approximate surface area is 122 Å². The van der Waals surface area contributed by atoms with Gasteiger partial charge < -0.3 is 10.6 Å². The maximum absolute atomic E-state index is 12.6. The molecule has 0 bridgehead atoms. The van der Waals surface area contributed by atoms with Gasteiger partial charge in [0.05, 0.1) is 5.41 Å². The smallest absolute Gasteiger partial charge is 0.227 e. The van der Waals surface area contributed by atoms with Crippen LogP contribution in [0.3, 0.4) is 0 Å². The van der Waals surface area contributed by atoms with Gasteiger partial charge in [0.15, 0.2) is 0 Å². The molecule has 19 heavy (non-hydrogen) atoms. The lowest BCUT2D eigenvalue weighted by atomic mass is 9.75. The number of amides is 1. The second kappa shape index (κ2) is 6.98. The van der Waals surface area contributed by atoms with Crippen LogP contribution < -0.4 is 10.6 Å². The highest BCUT2D eigenvalue weighted by Crippen LogP contribution is 2.35. The molecule has 1 aliphatic rings. The summed E-state index contributed by atoms with van der Waals surface area (Å²) in [5.74, 6) is 0.627. The molecule has 1 rings (SSSR count). The van der Waals surface area contributed by atoms with Crippen molar-refractivity contribution in [3.8, 4) is 0 Å². The van der Waals surface area contributed by atoms with Crippen molar-refractivity contribution in [3.05, 3.63) is 0 Å². The summed E-state index contributed by atoms with van der Waals surface area (Å²) in [6.07, 6.45) is 5.30. The minimum atomic E-state index is -0.203. The normalized spacial score (nSPS) is 23.9.